The number of nitrogens with zero attached hydrogens (tertiary/aromatic N) is 1. The van der Waals surface area contributed by atoms with Crippen LogP contribution in [0.5, 0.6) is 0 Å². The molecule has 1 saturated heterocycles. The number of nitrogens with one attached hydrogen (secondary N) is 1. The number of likely N-dealkylation sites (tertiary alicyclic amines) is 1. The highest BCUT2D eigenvalue weighted by molar-refractivity contribution is 4.94. The molecule has 0 spiro atoms. The summed E-state index contributed by atoms with van der Waals surface area (Å²) in [5.74, 6) is 1.57. The Balaban J connectivity index is 1.88. The van der Waals surface area contributed by atoms with Crippen LogP contribution in [-0.2, 0) is 4.74 Å². The van der Waals surface area contributed by atoms with Crippen LogP contribution in [0, 0.1) is 17.3 Å². The number of methoxy groups -OCH3 is 1. The lowest BCUT2D eigenvalue weighted by Gasteiger charge is -2.45. The van der Waals surface area contributed by atoms with Crippen LogP contribution in [0.3, 0.4) is 0 Å². The summed E-state index contributed by atoms with van der Waals surface area (Å²) in [4.78, 5) is 2.67. The molecule has 0 radical (unpaired) electrons. The van der Waals surface area contributed by atoms with E-state index in [9.17, 15) is 0 Å². The standard InChI is InChI=1S/C16H32N2O/c1-16(2)8-5-6-14(15(16)17-3)11-18-9-7-13(10-18)12-19-4/h13-15,17H,5-12H2,1-4H3. The minimum atomic E-state index is 0.448. The van der Waals surface area contributed by atoms with Gasteiger partial charge in [0.15, 0.2) is 0 Å². The average molecular weight is 268 g/mol. The molecule has 1 heterocycles. The van der Waals surface area contributed by atoms with E-state index in [1.54, 1.807) is 0 Å². The summed E-state index contributed by atoms with van der Waals surface area (Å²) in [6.07, 6.45) is 5.46. The summed E-state index contributed by atoms with van der Waals surface area (Å²) < 4.78 is 5.30. The van der Waals surface area contributed by atoms with E-state index in [2.05, 4.69) is 31.1 Å². The van der Waals surface area contributed by atoms with Crippen molar-refractivity contribution in [1.29, 1.82) is 0 Å². The van der Waals surface area contributed by atoms with Gasteiger partial charge >= 0.3 is 0 Å². The topological polar surface area (TPSA) is 24.5 Å². The fourth-order valence-electron chi connectivity index (χ4n) is 4.39. The van der Waals surface area contributed by atoms with Gasteiger partial charge in [0.05, 0.1) is 6.61 Å². The first kappa shape index (κ1) is 15.3. The summed E-state index contributed by atoms with van der Waals surface area (Å²) in [5, 5.41) is 3.60. The van der Waals surface area contributed by atoms with Gasteiger partial charge in [-0.25, -0.2) is 0 Å². The molecule has 1 aliphatic carbocycles. The summed E-state index contributed by atoms with van der Waals surface area (Å²) in [7, 11) is 3.96. The molecule has 3 atom stereocenters. The van der Waals surface area contributed by atoms with E-state index in [0.29, 0.717) is 11.5 Å². The minimum Gasteiger partial charge on any atom is -0.384 e. The first-order valence-corrected chi connectivity index (χ1v) is 7.95. The molecule has 1 N–H and O–H groups in total. The number of rotatable bonds is 5. The van der Waals surface area contributed by atoms with Crippen molar-refractivity contribution < 1.29 is 4.74 Å². The Morgan fingerprint density at radius 3 is 2.79 bits per heavy atom. The van der Waals surface area contributed by atoms with Gasteiger partial charge in [-0.15, -0.1) is 0 Å². The molecular weight excluding hydrogens is 236 g/mol. The van der Waals surface area contributed by atoms with Gasteiger partial charge in [-0.2, -0.15) is 0 Å². The third-order valence-electron chi connectivity index (χ3n) is 5.29. The lowest BCUT2D eigenvalue weighted by atomic mass is 9.68. The summed E-state index contributed by atoms with van der Waals surface area (Å²) >= 11 is 0. The summed E-state index contributed by atoms with van der Waals surface area (Å²) in [6, 6.07) is 0.669. The van der Waals surface area contributed by atoms with Crippen LogP contribution in [0.1, 0.15) is 39.5 Å². The van der Waals surface area contributed by atoms with Gasteiger partial charge < -0.3 is 15.0 Å². The first-order chi connectivity index (χ1) is 9.06. The molecular formula is C16H32N2O. The zero-order chi connectivity index (χ0) is 13.9. The fraction of sp³-hybridized carbons (Fsp3) is 1.00. The third kappa shape index (κ3) is 3.71. The van der Waals surface area contributed by atoms with Crippen molar-refractivity contribution in [3.8, 4) is 0 Å². The van der Waals surface area contributed by atoms with Crippen molar-refractivity contribution in [2.75, 3.05) is 40.4 Å². The molecule has 0 aromatic heterocycles. The van der Waals surface area contributed by atoms with Gasteiger partial charge in [-0.1, -0.05) is 20.3 Å². The van der Waals surface area contributed by atoms with E-state index in [0.717, 1.165) is 18.4 Å². The second-order valence-electron chi connectivity index (χ2n) is 7.28. The van der Waals surface area contributed by atoms with Crippen LogP contribution < -0.4 is 5.32 Å². The van der Waals surface area contributed by atoms with Gasteiger partial charge in [0.2, 0.25) is 0 Å². The molecule has 2 rings (SSSR count). The maximum Gasteiger partial charge on any atom is 0.0503 e. The van der Waals surface area contributed by atoms with E-state index in [1.165, 1.54) is 45.3 Å². The average Bonchev–Trinajstić information content (AvgIpc) is 2.76. The van der Waals surface area contributed by atoms with Crippen molar-refractivity contribution in [2.24, 2.45) is 17.3 Å². The normalized spacial score (nSPS) is 35.7. The lowest BCUT2D eigenvalue weighted by molar-refractivity contribution is 0.0866. The van der Waals surface area contributed by atoms with Crippen LogP contribution >= 0.6 is 0 Å². The molecule has 112 valence electrons. The van der Waals surface area contributed by atoms with E-state index in [-0.39, 0.29) is 0 Å². The van der Waals surface area contributed by atoms with Gasteiger partial charge in [-0.05, 0) is 50.1 Å². The molecule has 19 heavy (non-hydrogen) atoms. The molecule has 1 saturated carbocycles. The van der Waals surface area contributed by atoms with Crippen molar-refractivity contribution in [3.05, 3.63) is 0 Å². The SMILES string of the molecule is CNC1C(CN2CCC(COC)C2)CCCC1(C)C. The van der Waals surface area contributed by atoms with Gasteiger partial charge in [0.1, 0.15) is 0 Å². The number of hydrogen-bond donors (Lipinski definition) is 1. The van der Waals surface area contributed by atoms with E-state index < -0.39 is 0 Å². The Kier molecular flexibility index (Phi) is 5.27. The van der Waals surface area contributed by atoms with Crippen LogP contribution in [-0.4, -0.2) is 51.3 Å². The minimum absolute atomic E-state index is 0.448. The van der Waals surface area contributed by atoms with E-state index in [4.69, 9.17) is 4.74 Å². The largest absolute Gasteiger partial charge is 0.384 e. The Morgan fingerprint density at radius 2 is 2.11 bits per heavy atom. The van der Waals surface area contributed by atoms with E-state index >= 15 is 0 Å². The smallest absolute Gasteiger partial charge is 0.0503 e. The predicted octanol–water partition coefficient (Wildman–Crippen LogP) is 2.37. The van der Waals surface area contributed by atoms with Gasteiger partial charge in [0, 0.05) is 26.2 Å². The molecule has 0 bridgehead atoms. The van der Waals surface area contributed by atoms with Gasteiger partial charge in [-0.3, -0.25) is 0 Å². The molecule has 3 nitrogen and oxygen atoms in total. The Bertz CT molecular complexity index is 280. The molecule has 2 aliphatic rings. The molecule has 0 aromatic carbocycles. The molecule has 0 amide bonds. The van der Waals surface area contributed by atoms with Crippen molar-refractivity contribution >= 4 is 0 Å². The monoisotopic (exact) mass is 268 g/mol. The molecule has 0 aromatic rings. The highest BCUT2D eigenvalue weighted by Gasteiger charge is 2.39. The Hall–Kier alpha value is -0.120. The van der Waals surface area contributed by atoms with Crippen molar-refractivity contribution in [2.45, 2.75) is 45.6 Å². The van der Waals surface area contributed by atoms with Crippen LogP contribution in [0.4, 0.5) is 0 Å². The second kappa shape index (κ2) is 6.55. The lowest BCUT2D eigenvalue weighted by Crippen LogP contribution is -2.51. The Labute approximate surface area is 119 Å². The molecule has 2 fully saturated rings. The van der Waals surface area contributed by atoms with Crippen LogP contribution in [0.2, 0.25) is 0 Å². The maximum absolute atomic E-state index is 5.30. The zero-order valence-corrected chi connectivity index (χ0v) is 13.2. The van der Waals surface area contributed by atoms with Crippen LogP contribution in [0.15, 0.2) is 0 Å². The fourth-order valence-corrected chi connectivity index (χ4v) is 4.39. The predicted molar refractivity (Wildman–Crippen MR) is 80.4 cm³/mol. The molecule has 3 unspecified atom stereocenters. The highest BCUT2D eigenvalue weighted by Crippen LogP contribution is 2.39. The maximum atomic E-state index is 5.30. The molecule has 3 heteroatoms. The highest BCUT2D eigenvalue weighted by atomic mass is 16.5. The van der Waals surface area contributed by atoms with E-state index in [1.807, 2.05) is 7.11 Å². The Morgan fingerprint density at radius 1 is 1.32 bits per heavy atom. The first-order valence-electron chi connectivity index (χ1n) is 7.95. The number of ether oxygens (including phenoxy) is 1. The van der Waals surface area contributed by atoms with Gasteiger partial charge in [0.25, 0.3) is 0 Å². The number of hydrogen-bond acceptors (Lipinski definition) is 3. The summed E-state index contributed by atoms with van der Waals surface area (Å²) in [5.41, 5.74) is 0.448. The molecule has 1 aliphatic heterocycles. The zero-order valence-electron chi connectivity index (χ0n) is 13.2. The summed E-state index contributed by atoms with van der Waals surface area (Å²) in [6.45, 7) is 9.57. The quantitative estimate of drug-likeness (QED) is 0.828. The second-order valence-corrected chi connectivity index (χ2v) is 7.28. The van der Waals surface area contributed by atoms with Crippen LogP contribution in [0.25, 0.3) is 0 Å². The third-order valence-corrected chi connectivity index (χ3v) is 5.29. The van der Waals surface area contributed by atoms with Crippen molar-refractivity contribution in [3.63, 3.8) is 0 Å². The van der Waals surface area contributed by atoms with Crippen molar-refractivity contribution in [1.82, 2.24) is 10.2 Å².